The SMILES string of the molecule is CC.CC(=O)N(C(=O)/C=C(\C)C(F)(F)F)c1cc(SC(CC(C)C)C(=O)OCC2CCCCO2)c(Cl)cc1F. The molecule has 1 saturated heterocycles. The Morgan fingerprint density at radius 3 is 2.36 bits per heavy atom. The number of amides is 2. The Morgan fingerprint density at radius 1 is 1.21 bits per heavy atom. The number of halogens is 5. The minimum atomic E-state index is -4.80. The Balaban J connectivity index is 0.00000371. The Bertz CT molecular complexity index is 1030. The van der Waals surface area contributed by atoms with Gasteiger partial charge in [0.25, 0.3) is 5.91 Å². The molecule has 1 aliphatic rings. The third-order valence-electron chi connectivity index (χ3n) is 5.47. The molecule has 0 aliphatic carbocycles. The van der Waals surface area contributed by atoms with Crippen LogP contribution in [0.4, 0.5) is 23.2 Å². The molecular weight excluding hydrogens is 562 g/mol. The number of rotatable bonds is 9. The predicted octanol–water partition coefficient (Wildman–Crippen LogP) is 7.51. The topological polar surface area (TPSA) is 72.9 Å². The number of hydrogen-bond donors (Lipinski definition) is 0. The Kier molecular flexibility index (Phi) is 14.5. The van der Waals surface area contributed by atoms with E-state index < -0.39 is 46.3 Å². The fraction of sp³-hybridized carbons (Fsp3) is 0.593. The molecule has 0 N–H and O–H groups in total. The zero-order chi connectivity index (χ0) is 29.9. The van der Waals surface area contributed by atoms with Gasteiger partial charge in [-0.15, -0.1) is 11.8 Å². The van der Waals surface area contributed by atoms with Crippen LogP contribution in [-0.2, 0) is 23.9 Å². The lowest BCUT2D eigenvalue weighted by Crippen LogP contribution is -2.35. The molecule has 0 spiro atoms. The minimum absolute atomic E-state index is 0.0699. The maximum Gasteiger partial charge on any atom is 0.412 e. The third kappa shape index (κ3) is 11.1. The molecule has 220 valence electrons. The van der Waals surface area contributed by atoms with Crippen molar-refractivity contribution in [1.29, 1.82) is 0 Å². The van der Waals surface area contributed by atoms with Crippen molar-refractivity contribution in [2.24, 2.45) is 5.92 Å². The summed E-state index contributed by atoms with van der Waals surface area (Å²) >= 11 is 7.17. The highest BCUT2D eigenvalue weighted by Crippen LogP contribution is 2.38. The van der Waals surface area contributed by atoms with Gasteiger partial charge in [-0.2, -0.15) is 13.2 Å². The molecule has 0 aromatic heterocycles. The number of imide groups is 1. The van der Waals surface area contributed by atoms with E-state index in [4.69, 9.17) is 21.1 Å². The standard InChI is InChI=1S/C25H30ClF4NO5S.C2H6/c1-14(2)9-22(24(34)36-13-17-7-5-6-8-35-17)37-21-12-20(19(27)11-18(21)26)31(16(4)32)23(33)10-15(3)25(28,29)30;1-2/h10-12,14,17,22H,5-9,13H2,1-4H3;1-2H3/b15-10+;. The van der Waals surface area contributed by atoms with E-state index in [0.717, 1.165) is 50.1 Å². The van der Waals surface area contributed by atoms with Crippen molar-refractivity contribution in [3.63, 3.8) is 0 Å². The number of hydrogen-bond acceptors (Lipinski definition) is 6. The number of alkyl halides is 3. The van der Waals surface area contributed by atoms with E-state index in [1.807, 2.05) is 27.7 Å². The van der Waals surface area contributed by atoms with Gasteiger partial charge in [-0.1, -0.05) is 39.3 Å². The molecule has 12 heteroatoms. The van der Waals surface area contributed by atoms with Crippen molar-refractivity contribution in [2.75, 3.05) is 18.1 Å². The van der Waals surface area contributed by atoms with Crippen LogP contribution >= 0.6 is 23.4 Å². The van der Waals surface area contributed by atoms with E-state index in [1.54, 1.807) is 0 Å². The second-order valence-corrected chi connectivity index (χ2v) is 10.8. The highest BCUT2D eigenvalue weighted by atomic mass is 35.5. The van der Waals surface area contributed by atoms with Gasteiger partial charge in [0, 0.05) is 30.1 Å². The summed E-state index contributed by atoms with van der Waals surface area (Å²) in [5, 5.41) is -0.852. The highest BCUT2D eigenvalue weighted by molar-refractivity contribution is 8.00. The van der Waals surface area contributed by atoms with E-state index in [2.05, 4.69) is 0 Å². The molecule has 39 heavy (non-hydrogen) atoms. The monoisotopic (exact) mass is 597 g/mol. The smallest absolute Gasteiger partial charge is 0.412 e. The minimum Gasteiger partial charge on any atom is -0.462 e. The third-order valence-corrected chi connectivity index (χ3v) is 7.15. The summed E-state index contributed by atoms with van der Waals surface area (Å²) in [5.74, 6) is -3.92. The van der Waals surface area contributed by atoms with Crippen LogP contribution < -0.4 is 4.90 Å². The van der Waals surface area contributed by atoms with Crippen molar-refractivity contribution >= 4 is 46.8 Å². The van der Waals surface area contributed by atoms with Crippen LogP contribution in [0.5, 0.6) is 0 Å². The summed E-state index contributed by atoms with van der Waals surface area (Å²) < 4.78 is 64.6. The number of benzene rings is 1. The molecule has 2 unspecified atom stereocenters. The Morgan fingerprint density at radius 2 is 1.85 bits per heavy atom. The van der Waals surface area contributed by atoms with Crippen molar-refractivity contribution in [3.05, 3.63) is 34.6 Å². The van der Waals surface area contributed by atoms with Crippen LogP contribution in [0.15, 0.2) is 28.7 Å². The summed E-state index contributed by atoms with van der Waals surface area (Å²) in [7, 11) is 0. The van der Waals surface area contributed by atoms with Crippen molar-refractivity contribution < 1.29 is 41.4 Å². The van der Waals surface area contributed by atoms with Crippen LogP contribution in [0.1, 0.15) is 67.2 Å². The van der Waals surface area contributed by atoms with Crippen LogP contribution in [0.2, 0.25) is 5.02 Å². The largest absolute Gasteiger partial charge is 0.462 e. The van der Waals surface area contributed by atoms with E-state index in [-0.39, 0.29) is 34.6 Å². The van der Waals surface area contributed by atoms with Crippen molar-refractivity contribution in [1.82, 2.24) is 0 Å². The number of anilines is 1. The summed E-state index contributed by atoms with van der Waals surface area (Å²) in [6.07, 6.45) is -1.69. The van der Waals surface area contributed by atoms with Crippen molar-refractivity contribution in [2.45, 2.75) is 89.7 Å². The number of esters is 1. The molecule has 2 rings (SSSR count). The van der Waals surface area contributed by atoms with E-state index in [1.165, 1.54) is 0 Å². The Hall–Kier alpha value is -2.11. The summed E-state index contributed by atoms with van der Waals surface area (Å²) in [6, 6.07) is 1.92. The van der Waals surface area contributed by atoms with Crippen LogP contribution in [0.25, 0.3) is 0 Å². The van der Waals surface area contributed by atoms with E-state index >= 15 is 0 Å². The molecule has 1 fully saturated rings. The van der Waals surface area contributed by atoms with Crippen LogP contribution in [-0.4, -0.2) is 48.5 Å². The fourth-order valence-corrected chi connectivity index (χ4v) is 5.12. The summed E-state index contributed by atoms with van der Waals surface area (Å²) in [4.78, 5) is 38.1. The van der Waals surface area contributed by atoms with E-state index in [9.17, 15) is 31.9 Å². The second-order valence-electron chi connectivity index (χ2n) is 9.11. The first-order valence-electron chi connectivity index (χ1n) is 12.7. The predicted molar refractivity (Wildman–Crippen MR) is 144 cm³/mol. The first-order valence-corrected chi connectivity index (χ1v) is 14.0. The average molecular weight is 598 g/mol. The number of nitrogens with zero attached hydrogens (tertiary/aromatic N) is 1. The molecule has 2 atom stereocenters. The van der Waals surface area contributed by atoms with E-state index in [0.29, 0.717) is 24.9 Å². The molecule has 0 saturated carbocycles. The van der Waals surface area contributed by atoms with Gasteiger partial charge in [0.05, 0.1) is 16.8 Å². The maximum absolute atomic E-state index is 14.8. The fourth-order valence-electron chi connectivity index (χ4n) is 3.54. The lowest BCUT2D eigenvalue weighted by atomic mass is 10.1. The lowest BCUT2D eigenvalue weighted by molar-refractivity contribution is -0.148. The molecule has 1 aliphatic heterocycles. The second kappa shape index (κ2) is 16.2. The molecule has 0 bridgehead atoms. The molecule has 1 heterocycles. The molecule has 2 amide bonds. The number of ether oxygens (including phenoxy) is 2. The lowest BCUT2D eigenvalue weighted by Gasteiger charge is -2.24. The van der Waals surface area contributed by atoms with Gasteiger partial charge in [-0.25, -0.2) is 9.29 Å². The first-order chi connectivity index (χ1) is 18.2. The van der Waals surface area contributed by atoms with Gasteiger partial charge in [0.15, 0.2) is 0 Å². The number of allylic oxidation sites excluding steroid dienone is 1. The van der Waals surface area contributed by atoms with Crippen LogP contribution in [0.3, 0.4) is 0 Å². The number of carbonyl (C=O) groups excluding carboxylic acids is 3. The zero-order valence-electron chi connectivity index (χ0n) is 23.0. The normalized spacial score (nSPS) is 16.7. The van der Waals surface area contributed by atoms with Gasteiger partial charge < -0.3 is 9.47 Å². The van der Waals surface area contributed by atoms with Gasteiger partial charge in [0.1, 0.15) is 17.7 Å². The van der Waals surface area contributed by atoms with Gasteiger partial charge >= 0.3 is 12.1 Å². The summed E-state index contributed by atoms with van der Waals surface area (Å²) in [5.41, 5.74) is -1.84. The molecule has 1 aromatic carbocycles. The van der Waals surface area contributed by atoms with Gasteiger partial charge in [-0.05, 0) is 50.7 Å². The summed E-state index contributed by atoms with van der Waals surface area (Å²) in [6.45, 7) is 10.1. The quantitative estimate of drug-likeness (QED) is 0.127. The molecule has 1 aromatic rings. The number of thioether (sulfide) groups is 1. The highest BCUT2D eigenvalue weighted by Gasteiger charge is 2.33. The van der Waals surface area contributed by atoms with Crippen LogP contribution in [0, 0.1) is 11.7 Å². The molecular formula is C27H36ClF4NO5S. The zero-order valence-corrected chi connectivity index (χ0v) is 24.6. The molecule has 6 nitrogen and oxygen atoms in total. The molecule has 0 radical (unpaired) electrons. The Labute approximate surface area is 236 Å². The maximum atomic E-state index is 14.8. The average Bonchev–Trinajstić information content (AvgIpc) is 2.85. The van der Waals surface area contributed by atoms with Gasteiger partial charge in [-0.3, -0.25) is 14.4 Å². The first kappa shape index (κ1) is 34.9. The van der Waals surface area contributed by atoms with Gasteiger partial charge in [0.2, 0.25) is 5.91 Å². The number of carbonyl (C=O) groups is 3. The van der Waals surface area contributed by atoms with Crippen molar-refractivity contribution in [3.8, 4) is 0 Å².